The molecule has 0 spiro atoms. The molecule has 2 aromatic rings. The number of benzene rings is 1. The number of hydrogen-bond acceptors (Lipinski definition) is 4. The number of piperazine rings is 1. The molecule has 1 aromatic carbocycles. The highest BCUT2D eigenvalue weighted by Crippen LogP contribution is 2.30. The molecule has 21 heavy (non-hydrogen) atoms. The van der Waals surface area contributed by atoms with Crippen molar-refractivity contribution in [3.63, 3.8) is 0 Å². The molecule has 0 amide bonds. The van der Waals surface area contributed by atoms with Crippen molar-refractivity contribution < 1.29 is 0 Å². The Morgan fingerprint density at radius 1 is 1.00 bits per heavy atom. The topological polar surface area (TPSA) is 32.3 Å². The van der Waals surface area contributed by atoms with Crippen LogP contribution in [0.2, 0.25) is 10.2 Å². The molecule has 0 radical (unpaired) electrons. The normalized spacial score (nSPS) is 15.4. The van der Waals surface area contributed by atoms with Crippen LogP contribution in [0.5, 0.6) is 0 Å². The summed E-state index contributed by atoms with van der Waals surface area (Å²) >= 11 is 15.5. The number of nitrogens with zero attached hydrogens (tertiary/aromatic N) is 4. The predicted octanol–water partition coefficient (Wildman–Crippen LogP) is 3.87. The summed E-state index contributed by atoms with van der Waals surface area (Å²) < 4.78 is 0.753. The van der Waals surface area contributed by atoms with Gasteiger partial charge >= 0.3 is 0 Å². The van der Waals surface area contributed by atoms with Gasteiger partial charge in [-0.3, -0.25) is 0 Å². The van der Waals surface area contributed by atoms with Gasteiger partial charge in [-0.15, -0.1) is 0 Å². The first-order chi connectivity index (χ1) is 10.1. The van der Waals surface area contributed by atoms with Crippen molar-refractivity contribution in [3.05, 3.63) is 45.2 Å². The lowest BCUT2D eigenvalue weighted by Crippen LogP contribution is -2.47. The minimum absolute atomic E-state index is 0.442. The highest BCUT2D eigenvalue weighted by atomic mass is 79.9. The average Bonchev–Trinajstić information content (AvgIpc) is 2.50. The van der Waals surface area contributed by atoms with Crippen molar-refractivity contribution >= 4 is 50.6 Å². The summed E-state index contributed by atoms with van der Waals surface area (Å²) in [5.41, 5.74) is 1.15. The van der Waals surface area contributed by atoms with Gasteiger partial charge in [0.2, 0.25) is 0 Å². The van der Waals surface area contributed by atoms with E-state index in [1.807, 2.05) is 18.2 Å². The molecule has 7 heteroatoms. The molecule has 1 aromatic heterocycles. The Bertz CT molecular complexity index is 645. The third-order valence-corrected chi connectivity index (χ3v) is 4.96. The molecular formula is C14H13BrCl2N4. The summed E-state index contributed by atoms with van der Waals surface area (Å²) in [5, 5.41) is 1.21. The zero-order valence-electron chi connectivity index (χ0n) is 11.1. The second kappa shape index (κ2) is 6.38. The molecular weight excluding hydrogens is 375 g/mol. The van der Waals surface area contributed by atoms with E-state index in [0.29, 0.717) is 5.15 Å². The van der Waals surface area contributed by atoms with Gasteiger partial charge in [-0.05, 0) is 34.1 Å². The maximum atomic E-state index is 6.05. The molecule has 0 atom stereocenters. The minimum Gasteiger partial charge on any atom is -0.368 e. The average molecular weight is 388 g/mol. The van der Waals surface area contributed by atoms with Crippen LogP contribution in [0.15, 0.2) is 35.1 Å². The Hall–Kier alpha value is -1.04. The summed E-state index contributed by atoms with van der Waals surface area (Å²) in [4.78, 5) is 12.8. The fourth-order valence-electron chi connectivity index (χ4n) is 2.41. The first-order valence-corrected chi connectivity index (χ1v) is 8.11. The van der Waals surface area contributed by atoms with Gasteiger partial charge in [-0.25, -0.2) is 9.97 Å². The van der Waals surface area contributed by atoms with E-state index in [2.05, 4.69) is 41.8 Å². The summed E-state index contributed by atoms with van der Waals surface area (Å²) in [5.74, 6) is 0.848. The molecule has 4 nitrogen and oxygen atoms in total. The van der Waals surface area contributed by atoms with Gasteiger partial charge in [-0.2, -0.15) is 0 Å². The molecule has 1 fully saturated rings. The summed E-state index contributed by atoms with van der Waals surface area (Å²) in [7, 11) is 0. The molecule has 2 heterocycles. The molecule has 0 aliphatic carbocycles. The van der Waals surface area contributed by atoms with E-state index in [9.17, 15) is 0 Å². The van der Waals surface area contributed by atoms with Crippen molar-refractivity contribution in [1.82, 2.24) is 9.97 Å². The second-order valence-electron chi connectivity index (χ2n) is 4.76. The Balaban J connectivity index is 1.72. The third kappa shape index (κ3) is 3.25. The fraction of sp³-hybridized carbons (Fsp3) is 0.286. The summed E-state index contributed by atoms with van der Waals surface area (Å²) in [6.07, 6.45) is 1.49. The van der Waals surface area contributed by atoms with Gasteiger partial charge in [0.15, 0.2) is 0 Å². The maximum absolute atomic E-state index is 6.05. The number of anilines is 2. The molecule has 1 aliphatic rings. The second-order valence-corrected chi connectivity index (χ2v) is 6.34. The van der Waals surface area contributed by atoms with Crippen molar-refractivity contribution in [2.45, 2.75) is 0 Å². The van der Waals surface area contributed by atoms with Crippen molar-refractivity contribution in [2.75, 3.05) is 36.0 Å². The molecule has 110 valence electrons. The van der Waals surface area contributed by atoms with Crippen molar-refractivity contribution in [2.24, 2.45) is 0 Å². The van der Waals surface area contributed by atoms with E-state index in [4.69, 9.17) is 23.2 Å². The Kier molecular flexibility index (Phi) is 4.52. The monoisotopic (exact) mass is 386 g/mol. The largest absolute Gasteiger partial charge is 0.368 e. The maximum Gasteiger partial charge on any atom is 0.148 e. The van der Waals surface area contributed by atoms with Crippen LogP contribution in [0.4, 0.5) is 11.5 Å². The van der Waals surface area contributed by atoms with Crippen LogP contribution in [-0.2, 0) is 0 Å². The fourth-order valence-corrected chi connectivity index (χ4v) is 3.18. The number of aromatic nitrogens is 2. The van der Waals surface area contributed by atoms with E-state index >= 15 is 0 Å². The van der Waals surface area contributed by atoms with Crippen LogP contribution >= 0.6 is 39.1 Å². The highest BCUT2D eigenvalue weighted by Gasteiger charge is 2.21. The third-order valence-electron chi connectivity index (χ3n) is 3.48. The first kappa shape index (κ1) is 14.9. The minimum atomic E-state index is 0.442. The van der Waals surface area contributed by atoms with E-state index in [1.54, 1.807) is 0 Å². The van der Waals surface area contributed by atoms with E-state index in [-0.39, 0.29) is 0 Å². The zero-order chi connectivity index (χ0) is 14.8. The molecule has 1 saturated heterocycles. The van der Waals surface area contributed by atoms with Crippen LogP contribution in [0.1, 0.15) is 0 Å². The van der Waals surface area contributed by atoms with Crippen LogP contribution < -0.4 is 9.80 Å². The number of rotatable bonds is 2. The molecule has 0 bridgehead atoms. The van der Waals surface area contributed by atoms with E-state index in [1.165, 1.54) is 6.33 Å². The lowest BCUT2D eigenvalue weighted by atomic mass is 10.2. The van der Waals surface area contributed by atoms with Gasteiger partial charge in [0.25, 0.3) is 0 Å². The molecule has 3 rings (SSSR count). The van der Waals surface area contributed by atoms with Crippen molar-refractivity contribution in [3.8, 4) is 0 Å². The molecule has 0 N–H and O–H groups in total. The van der Waals surface area contributed by atoms with Crippen LogP contribution in [0, 0.1) is 0 Å². The number of hydrogen-bond donors (Lipinski definition) is 0. The number of halogens is 3. The molecule has 0 unspecified atom stereocenters. The Morgan fingerprint density at radius 2 is 1.71 bits per heavy atom. The summed E-state index contributed by atoms with van der Waals surface area (Å²) in [6.45, 7) is 3.57. The van der Waals surface area contributed by atoms with E-state index < -0.39 is 0 Å². The smallest absolute Gasteiger partial charge is 0.148 e. The molecule has 0 saturated carbocycles. The van der Waals surface area contributed by atoms with Crippen LogP contribution in [0.25, 0.3) is 0 Å². The van der Waals surface area contributed by atoms with Gasteiger partial charge < -0.3 is 9.80 Å². The van der Waals surface area contributed by atoms with Gasteiger partial charge in [0.1, 0.15) is 17.3 Å². The van der Waals surface area contributed by atoms with E-state index in [0.717, 1.165) is 47.2 Å². The van der Waals surface area contributed by atoms with Crippen molar-refractivity contribution in [1.29, 1.82) is 0 Å². The zero-order valence-corrected chi connectivity index (χ0v) is 14.2. The molecule has 1 aliphatic heterocycles. The van der Waals surface area contributed by atoms with Gasteiger partial charge in [0.05, 0.1) is 4.47 Å². The lowest BCUT2D eigenvalue weighted by Gasteiger charge is -2.37. The quantitative estimate of drug-likeness (QED) is 0.732. The SMILES string of the molecule is Clc1cccc(N2CCN(c3ncnc(Cl)c3Br)CC2)c1. The van der Waals surface area contributed by atoms with Crippen LogP contribution in [-0.4, -0.2) is 36.1 Å². The lowest BCUT2D eigenvalue weighted by molar-refractivity contribution is 0.645. The standard InChI is InChI=1S/C14H13BrCl2N4/c15-12-13(17)18-9-19-14(12)21-6-4-20(5-7-21)11-3-1-2-10(16)8-11/h1-3,8-9H,4-7H2. The predicted molar refractivity (Wildman–Crippen MR) is 90.6 cm³/mol. The summed E-state index contributed by atoms with van der Waals surface area (Å²) in [6, 6.07) is 7.94. The first-order valence-electron chi connectivity index (χ1n) is 6.56. The van der Waals surface area contributed by atoms with Crippen LogP contribution in [0.3, 0.4) is 0 Å². The van der Waals surface area contributed by atoms with Gasteiger partial charge in [0, 0.05) is 36.9 Å². The Labute approximate surface area is 141 Å². The van der Waals surface area contributed by atoms with Gasteiger partial charge in [-0.1, -0.05) is 29.3 Å². The highest BCUT2D eigenvalue weighted by molar-refractivity contribution is 9.10. The Morgan fingerprint density at radius 3 is 2.43 bits per heavy atom.